The summed E-state index contributed by atoms with van der Waals surface area (Å²) in [6.07, 6.45) is 1.50. The average molecular weight is 357 g/mol. The van der Waals surface area contributed by atoms with Crippen LogP contribution in [0.4, 0.5) is 5.82 Å². The topological polar surface area (TPSA) is 113 Å². The van der Waals surface area contributed by atoms with E-state index in [4.69, 9.17) is 10.5 Å². The molecule has 0 radical (unpaired) electrons. The minimum atomic E-state index is -0.802. The minimum Gasteiger partial charge on any atom is -0.457 e. The van der Waals surface area contributed by atoms with Crippen LogP contribution in [0.3, 0.4) is 0 Å². The van der Waals surface area contributed by atoms with Crippen LogP contribution in [0.15, 0.2) is 39.9 Å². The Morgan fingerprint density at radius 3 is 2.46 bits per heavy atom. The summed E-state index contributed by atoms with van der Waals surface area (Å²) in [5.41, 5.74) is 4.99. The van der Waals surface area contributed by atoms with Crippen molar-refractivity contribution in [1.82, 2.24) is 9.13 Å². The lowest BCUT2D eigenvalue weighted by Crippen LogP contribution is -2.43. The summed E-state index contributed by atoms with van der Waals surface area (Å²) in [6.45, 7) is -0.458. The van der Waals surface area contributed by atoms with Gasteiger partial charge in [-0.15, -0.1) is 0 Å². The highest BCUT2D eigenvalue weighted by atomic mass is 16.5. The van der Waals surface area contributed by atoms with Gasteiger partial charge in [0.15, 0.2) is 6.61 Å². The third kappa shape index (κ3) is 3.44. The number of aromatic nitrogens is 2. The molecule has 2 N–H and O–H groups in total. The third-order valence-electron chi connectivity index (χ3n) is 4.30. The van der Waals surface area contributed by atoms with E-state index in [1.807, 2.05) is 18.2 Å². The number of hydrogen-bond acceptors (Lipinski definition) is 6. The number of Topliss-reactive ketones (excluding diaryl/α,β-unsaturated/α-hetero) is 1. The first-order valence-electron chi connectivity index (χ1n) is 8.23. The molecule has 1 aromatic heterocycles. The number of rotatable bonds is 6. The zero-order chi connectivity index (χ0) is 18.8. The number of benzene rings is 1. The Hall–Kier alpha value is -3.16. The van der Waals surface area contributed by atoms with Crippen molar-refractivity contribution < 1.29 is 14.3 Å². The van der Waals surface area contributed by atoms with Crippen LogP contribution < -0.4 is 17.0 Å². The molecule has 3 rings (SSSR count). The maximum Gasteiger partial charge on any atom is 0.332 e. The SMILES string of the molecule is Cn1c(=O)c(C(=O)COC(=O)C2CC2)c(N)n(Cc2ccccc2)c1=O. The fraction of sp³-hybridized carbons (Fsp3) is 0.333. The molecule has 1 aliphatic rings. The van der Waals surface area contributed by atoms with Crippen LogP contribution >= 0.6 is 0 Å². The molecule has 1 aliphatic carbocycles. The van der Waals surface area contributed by atoms with E-state index >= 15 is 0 Å². The van der Waals surface area contributed by atoms with E-state index in [1.165, 1.54) is 7.05 Å². The van der Waals surface area contributed by atoms with Gasteiger partial charge in [-0.3, -0.25) is 23.5 Å². The third-order valence-corrected chi connectivity index (χ3v) is 4.30. The fourth-order valence-corrected chi connectivity index (χ4v) is 2.61. The summed E-state index contributed by atoms with van der Waals surface area (Å²) in [5, 5.41) is 0. The minimum absolute atomic E-state index is 0.113. The number of ketones is 1. The van der Waals surface area contributed by atoms with E-state index in [2.05, 4.69) is 0 Å². The lowest BCUT2D eigenvalue weighted by molar-refractivity contribution is -0.144. The monoisotopic (exact) mass is 357 g/mol. The molecule has 8 nitrogen and oxygen atoms in total. The van der Waals surface area contributed by atoms with Gasteiger partial charge in [0, 0.05) is 7.05 Å². The number of esters is 1. The van der Waals surface area contributed by atoms with Crippen molar-refractivity contribution in [3.8, 4) is 0 Å². The molecule has 8 heteroatoms. The van der Waals surface area contributed by atoms with Crippen LogP contribution in [0.5, 0.6) is 0 Å². The number of anilines is 1. The second kappa shape index (κ2) is 6.99. The molecule has 0 bridgehead atoms. The van der Waals surface area contributed by atoms with Crippen LogP contribution in [0.1, 0.15) is 28.8 Å². The maximum absolute atomic E-state index is 12.4. The Labute approximate surface area is 148 Å². The van der Waals surface area contributed by atoms with E-state index in [-0.39, 0.29) is 23.8 Å². The Balaban J connectivity index is 1.94. The summed E-state index contributed by atoms with van der Waals surface area (Å²) < 4.78 is 6.93. The van der Waals surface area contributed by atoms with Gasteiger partial charge in [0.2, 0.25) is 5.78 Å². The normalized spacial score (nSPS) is 13.4. The van der Waals surface area contributed by atoms with E-state index < -0.39 is 29.6 Å². The van der Waals surface area contributed by atoms with Crippen molar-refractivity contribution >= 4 is 17.6 Å². The fourth-order valence-electron chi connectivity index (χ4n) is 2.61. The summed E-state index contributed by atoms with van der Waals surface area (Å²) in [4.78, 5) is 48.8. The van der Waals surface area contributed by atoms with Crippen molar-refractivity contribution in [1.29, 1.82) is 0 Å². The van der Waals surface area contributed by atoms with E-state index in [0.29, 0.717) is 0 Å². The Morgan fingerprint density at radius 1 is 1.19 bits per heavy atom. The molecule has 26 heavy (non-hydrogen) atoms. The lowest BCUT2D eigenvalue weighted by Gasteiger charge is -2.14. The smallest absolute Gasteiger partial charge is 0.332 e. The van der Waals surface area contributed by atoms with E-state index in [9.17, 15) is 19.2 Å². The van der Waals surface area contributed by atoms with Crippen LogP contribution in [0.2, 0.25) is 0 Å². The van der Waals surface area contributed by atoms with Gasteiger partial charge >= 0.3 is 11.7 Å². The van der Waals surface area contributed by atoms with Crippen molar-refractivity contribution in [3.05, 3.63) is 62.3 Å². The lowest BCUT2D eigenvalue weighted by atomic mass is 10.2. The highest BCUT2D eigenvalue weighted by molar-refractivity contribution is 6.01. The van der Waals surface area contributed by atoms with Crippen LogP contribution in [-0.4, -0.2) is 27.5 Å². The van der Waals surface area contributed by atoms with Gasteiger partial charge in [-0.05, 0) is 18.4 Å². The second-order valence-corrected chi connectivity index (χ2v) is 6.28. The predicted octanol–water partition coefficient (Wildman–Crippen LogP) is 0.313. The quantitative estimate of drug-likeness (QED) is 0.588. The number of carbonyl (C=O) groups is 2. The molecule has 0 atom stereocenters. The maximum atomic E-state index is 12.4. The number of nitrogens with zero attached hydrogens (tertiary/aromatic N) is 2. The molecule has 136 valence electrons. The number of carbonyl (C=O) groups excluding carboxylic acids is 2. The van der Waals surface area contributed by atoms with Gasteiger partial charge < -0.3 is 10.5 Å². The Morgan fingerprint density at radius 2 is 1.85 bits per heavy atom. The van der Waals surface area contributed by atoms with Crippen molar-refractivity contribution in [3.63, 3.8) is 0 Å². The molecule has 0 spiro atoms. The molecule has 0 unspecified atom stereocenters. The first-order valence-corrected chi connectivity index (χ1v) is 8.23. The number of ether oxygens (including phenoxy) is 1. The van der Waals surface area contributed by atoms with Gasteiger partial charge in [-0.25, -0.2) is 4.79 Å². The largest absolute Gasteiger partial charge is 0.457 e. The van der Waals surface area contributed by atoms with Gasteiger partial charge in [-0.1, -0.05) is 30.3 Å². The van der Waals surface area contributed by atoms with Crippen LogP contribution in [0.25, 0.3) is 0 Å². The molecular weight excluding hydrogens is 338 g/mol. The van der Waals surface area contributed by atoms with Crippen molar-refractivity contribution in [2.75, 3.05) is 12.3 Å². The van der Waals surface area contributed by atoms with Crippen molar-refractivity contribution in [2.24, 2.45) is 13.0 Å². The Bertz CT molecular complexity index is 971. The standard InChI is InChI=1S/C18H19N3O5/c1-20-16(23)14(13(22)10-26-17(24)12-7-8-12)15(19)21(18(20)25)9-11-5-3-2-4-6-11/h2-6,12H,7-10,19H2,1H3. The van der Waals surface area contributed by atoms with Gasteiger partial charge in [0.1, 0.15) is 11.4 Å². The zero-order valence-electron chi connectivity index (χ0n) is 14.3. The number of nitrogens with two attached hydrogens (primary N) is 1. The molecule has 1 aromatic carbocycles. The molecule has 2 aromatic rings. The molecule has 0 aliphatic heterocycles. The first kappa shape index (κ1) is 17.7. The summed E-state index contributed by atoms with van der Waals surface area (Å²) in [7, 11) is 1.28. The molecule has 0 saturated heterocycles. The van der Waals surface area contributed by atoms with Crippen LogP contribution in [-0.2, 0) is 23.1 Å². The Kier molecular flexibility index (Phi) is 4.75. The second-order valence-electron chi connectivity index (χ2n) is 6.28. The zero-order valence-corrected chi connectivity index (χ0v) is 14.3. The first-order chi connectivity index (χ1) is 12.4. The summed E-state index contributed by atoms with van der Waals surface area (Å²) in [6, 6.07) is 9.05. The van der Waals surface area contributed by atoms with Gasteiger partial charge in [0.25, 0.3) is 5.56 Å². The van der Waals surface area contributed by atoms with Crippen LogP contribution in [0, 0.1) is 5.92 Å². The molecule has 1 saturated carbocycles. The average Bonchev–Trinajstić information content (AvgIpc) is 3.48. The highest BCUT2D eigenvalue weighted by Crippen LogP contribution is 2.30. The predicted molar refractivity (Wildman–Crippen MR) is 93.9 cm³/mol. The number of hydrogen-bond donors (Lipinski definition) is 1. The summed E-state index contributed by atoms with van der Waals surface area (Å²) >= 11 is 0. The van der Waals surface area contributed by atoms with Crippen molar-refractivity contribution in [2.45, 2.75) is 19.4 Å². The summed E-state index contributed by atoms with van der Waals surface area (Å²) in [5.74, 6) is -1.56. The molecule has 1 fully saturated rings. The van der Waals surface area contributed by atoms with Gasteiger partial charge in [0.05, 0.1) is 12.5 Å². The molecular formula is C18H19N3O5. The highest BCUT2D eigenvalue weighted by Gasteiger charge is 2.32. The molecule has 1 heterocycles. The number of nitrogen functional groups attached to an aromatic ring is 1. The van der Waals surface area contributed by atoms with E-state index in [1.54, 1.807) is 12.1 Å². The molecule has 0 amide bonds. The van der Waals surface area contributed by atoms with Gasteiger partial charge in [-0.2, -0.15) is 0 Å². The van der Waals surface area contributed by atoms with E-state index in [0.717, 1.165) is 27.5 Å².